The zero-order valence-corrected chi connectivity index (χ0v) is 12.4. The van der Waals surface area contributed by atoms with Crippen LogP contribution in [0.3, 0.4) is 0 Å². The van der Waals surface area contributed by atoms with Gasteiger partial charge in [0.1, 0.15) is 5.76 Å². The molecule has 0 radical (unpaired) electrons. The van der Waals surface area contributed by atoms with Crippen LogP contribution in [-0.2, 0) is 19.4 Å². The number of aryl methyl sites for hydroxylation is 2. The molecule has 0 bridgehead atoms. The SMILES string of the molecule is CCc1ncc(CNC2CCCc3ccc(Cl)cc32)o1. The van der Waals surface area contributed by atoms with E-state index in [2.05, 4.69) is 22.4 Å². The van der Waals surface area contributed by atoms with Crippen LogP contribution in [0.4, 0.5) is 0 Å². The van der Waals surface area contributed by atoms with Gasteiger partial charge in [-0.3, -0.25) is 0 Å². The molecule has 0 saturated carbocycles. The van der Waals surface area contributed by atoms with E-state index in [0.717, 1.165) is 35.9 Å². The Morgan fingerprint density at radius 3 is 3.15 bits per heavy atom. The lowest BCUT2D eigenvalue weighted by atomic mass is 9.88. The Labute approximate surface area is 124 Å². The van der Waals surface area contributed by atoms with Gasteiger partial charge in [-0.2, -0.15) is 0 Å². The molecule has 0 saturated heterocycles. The summed E-state index contributed by atoms with van der Waals surface area (Å²) in [5, 5.41) is 4.38. The Balaban J connectivity index is 1.71. The summed E-state index contributed by atoms with van der Waals surface area (Å²) in [4.78, 5) is 4.23. The predicted molar refractivity (Wildman–Crippen MR) is 79.9 cm³/mol. The third kappa shape index (κ3) is 2.89. The van der Waals surface area contributed by atoms with Crippen molar-refractivity contribution in [2.45, 2.75) is 45.2 Å². The lowest BCUT2D eigenvalue weighted by molar-refractivity contribution is 0.402. The van der Waals surface area contributed by atoms with Gasteiger partial charge in [0.2, 0.25) is 0 Å². The van der Waals surface area contributed by atoms with Crippen LogP contribution in [0.2, 0.25) is 5.02 Å². The molecule has 0 aliphatic heterocycles. The largest absolute Gasteiger partial charge is 0.444 e. The first-order valence-electron chi connectivity index (χ1n) is 7.21. The molecule has 1 aliphatic carbocycles. The number of benzene rings is 1. The Morgan fingerprint density at radius 2 is 2.35 bits per heavy atom. The minimum atomic E-state index is 0.354. The molecular formula is C16H19ClN2O. The van der Waals surface area contributed by atoms with E-state index in [1.807, 2.05) is 19.2 Å². The van der Waals surface area contributed by atoms with Crippen molar-refractivity contribution in [3.05, 3.63) is 52.2 Å². The van der Waals surface area contributed by atoms with Gasteiger partial charge >= 0.3 is 0 Å². The normalized spacial score (nSPS) is 18.0. The Bertz CT molecular complexity index is 594. The molecule has 0 spiro atoms. The van der Waals surface area contributed by atoms with Crippen LogP contribution in [-0.4, -0.2) is 4.98 Å². The van der Waals surface area contributed by atoms with Crippen LogP contribution in [0.25, 0.3) is 0 Å². The van der Waals surface area contributed by atoms with Crippen LogP contribution < -0.4 is 5.32 Å². The Kier molecular flexibility index (Phi) is 4.08. The first-order chi connectivity index (χ1) is 9.76. The van der Waals surface area contributed by atoms with E-state index in [9.17, 15) is 0 Å². The van der Waals surface area contributed by atoms with Gasteiger partial charge < -0.3 is 9.73 Å². The van der Waals surface area contributed by atoms with Crippen LogP contribution in [0.15, 0.2) is 28.8 Å². The molecule has 1 unspecified atom stereocenters. The van der Waals surface area contributed by atoms with Crippen LogP contribution in [0.5, 0.6) is 0 Å². The number of aromatic nitrogens is 1. The third-order valence-corrected chi connectivity index (χ3v) is 4.08. The monoisotopic (exact) mass is 290 g/mol. The van der Waals surface area contributed by atoms with Gasteiger partial charge in [0.05, 0.1) is 12.7 Å². The van der Waals surface area contributed by atoms with Crippen molar-refractivity contribution in [3.63, 3.8) is 0 Å². The molecule has 3 rings (SSSR count). The minimum Gasteiger partial charge on any atom is -0.444 e. The highest BCUT2D eigenvalue weighted by Gasteiger charge is 2.20. The number of hydrogen-bond donors (Lipinski definition) is 1. The number of rotatable bonds is 4. The van der Waals surface area contributed by atoms with Crippen LogP contribution in [0.1, 0.15) is 48.6 Å². The van der Waals surface area contributed by atoms with Crippen molar-refractivity contribution < 1.29 is 4.42 Å². The molecule has 1 aliphatic rings. The molecule has 3 nitrogen and oxygen atoms in total. The topological polar surface area (TPSA) is 38.1 Å². The molecule has 1 aromatic heterocycles. The summed E-state index contributed by atoms with van der Waals surface area (Å²) in [6.07, 6.45) is 6.15. The maximum Gasteiger partial charge on any atom is 0.194 e. The fourth-order valence-electron chi connectivity index (χ4n) is 2.80. The van der Waals surface area contributed by atoms with Gasteiger partial charge in [0.25, 0.3) is 0 Å². The van der Waals surface area contributed by atoms with Crippen molar-refractivity contribution in [1.82, 2.24) is 10.3 Å². The second-order valence-corrected chi connectivity index (χ2v) is 5.68. The fraction of sp³-hybridized carbons (Fsp3) is 0.438. The summed E-state index contributed by atoms with van der Waals surface area (Å²) in [6, 6.07) is 6.57. The molecule has 1 N–H and O–H groups in total. The van der Waals surface area contributed by atoms with E-state index in [0.29, 0.717) is 12.6 Å². The second kappa shape index (κ2) is 5.98. The van der Waals surface area contributed by atoms with Crippen molar-refractivity contribution in [2.24, 2.45) is 0 Å². The number of nitrogens with zero attached hydrogens (tertiary/aromatic N) is 1. The first kappa shape index (κ1) is 13.7. The standard InChI is InChI=1S/C16H19ClN2O/c1-2-16-19-10-13(20-16)9-18-15-5-3-4-11-6-7-12(17)8-14(11)15/h6-8,10,15,18H,2-5,9H2,1H3. The smallest absolute Gasteiger partial charge is 0.194 e. The highest BCUT2D eigenvalue weighted by molar-refractivity contribution is 6.30. The summed E-state index contributed by atoms with van der Waals surface area (Å²) < 4.78 is 5.64. The maximum atomic E-state index is 6.12. The summed E-state index contributed by atoms with van der Waals surface area (Å²) in [5.74, 6) is 1.70. The van der Waals surface area contributed by atoms with Crippen molar-refractivity contribution in [2.75, 3.05) is 0 Å². The second-order valence-electron chi connectivity index (χ2n) is 5.24. The first-order valence-corrected chi connectivity index (χ1v) is 7.59. The lowest BCUT2D eigenvalue weighted by Gasteiger charge is -2.26. The zero-order chi connectivity index (χ0) is 13.9. The van der Waals surface area contributed by atoms with Crippen LogP contribution in [0, 0.1) is 0 Å². The van der Waals surface area contributed by atoms with Gasteiger partial charge in [0, 0.05) is 17.5 Å². The fourth-order valence-corrected chi connectivity index (χ4v) is 2.98. The van der Waals surface area contributed by atoms with Gasteiger partial charge in [0.15, 0.2) is 5.89 Å². The third-order valence-electron chi connectivity index (χ3n) is 3.85. The van der Waals surface area contributed by atoms with Crippen molar-refractivity contribution in [3.8, 4) is 0 Å². The van der Waals surface area contributed by atoms with Gasteiger partial charge in [-0.05, 0) is 42.5 Å². The van der Waals surface area contributed by atoms with Gasteiger partial charge in [-0.25, -0.2) is 4.98 Å². The molecule has 106 valence electrons. The molecular weight excluding hydrogens is 272 g/mol. The maximum absolute atomic E-state index is 6.12. The molecule has 1 aromatic carbocycles. The number of hydrogen-bond acceptors (Lipinski definition) is 3. The molecule has 20 heavy (non-hydrogen) atoms. The molecule has 2 aromatic rings. The average Bonchev–Trinajstić information content (AvgIpc) is 2.93. The van der Waals surface area contributed by atoms with E-state index >= 15 is 0 Å². The molecule has 1 atom stereocenters. The number of halogens is 1. The van der Waals surface area contributed by atoms with Crippen molar-refractivity contribution in [1.29, 1.82) is 0 Å². The number of oxazole rings is 1. The molecule has 0 amide bonds. The summed E-state index contributed by atoms with van der Waals surface area (Å²) >= 11 is 6.12. The quantitative estimate of drug-likeness (QED) is 0.923. The average molecular weight is 291 g/mol. The lowest BCUT2D eigenvalue weighted by Crippen LogP contribution is -2.24. The van der Waals surface area contributed by atoms with E-state index in [1.54, 1.807) is 0 Å². The summed E-state index contributed by atoms with van der Waals surface area (Å²) in [5.41, 5.74) is 2.74. The van der Waals surface area contributed by atoms with E-state index in [4.69, 9.17) is 16.0 Å². The van der Waals surface area contributed by atoms with Gasteiger partial charge in [-0.1, -0.05) is 24.6 Å². The summed E-state index contributed by atoms with van der Waals surface area (Å²) in [7, 11) is 0. The minimum absolute atomic E-state index is 0.354. The Morgan fingerprint density at radius 1 is 1.45 bits per heavy atom. The van der Waals surface area contributed by atoms with E-state index in [1.165, 1.54) is 17.5 Å². The van der Waals surface area contributed by atoms with Crippen LogP contribution >= 0.6 is 11.6 Å². The molecule has 1 heterocycles. The highest BCUT2D eigenvalue weighted by atomic mass is 35.5. The Hall–Kier alpha value is -1.32. The summed E-state index contributed by atoms with van der Waals surface area (Å²) in [6.45, 7) is 2.76. The highest BCUT2D eigenvalue weighted by Crippen LogP contribution is 2.31. The molecule has 4 heteroatoms. The van der Waals surface area contributed by atoms with E-state index < -0.39 is 0 Å². The predicted octanol–water partition coefficient (Wildman–Crippen LogP) is 4.06. The zero-order valence-electron chi connectivity index (χ0n) is 11.7. The van der Waals surface area contributed by atoms with E-state index in [-0.39, 0.29) is 0 Å². The van der Waals surface area contributed by atoms with Gasteiger partial charge in [-0.15, -0.1) is 0 Å². The van der Waals surface area contributed by atoms with Crippen molar-refractivity contribution >= 4 is 11.6 Å². The number of nitrogens with one attached hydrogen (secondary N) is 1. The molecule has 0 fully saturated rings. The number of fused-ring (bicyclic) bond motifs is 1.